The Hall–Kier alpha value is -1.10. The van der Waals surface area contributed by atoms with Gasteiger partial charge in [-0.3, -0.25) is 0 Å². The molecule has 1 fully saturated rings. The summed E-state index contributed by atoms with van der Waals surface area (Å²) in [5.74, 6) is 1.52. The molecule has 0 spiro atoms. The Morgan fingerprint density at radius 1 is 1.64 bits per heavy atom. The van der Waals surface area contributed by atoms with Crippen LogP contribution in [0, 0.1) is 5.92 Å². The van der Waals surface area contributed by atoms with Crippen molar-refractivity contribution < 1.29 is 4.52 Å². The maximum absolute atomic E-state index is 5.28. The van der Waals surface area contributed by atoms with E-state index in [2.05, 4.69) is 15.5 Å². The molecule has 1 saturated heterocycles. The molecular formula is C6H10N4O. The van der Waals surface area contributed by atoms with E-state index in [1.165, 1.54) is 0 Å². The van der Waals surface area contributed by atoms with Gasteiger partial charge in [-0.25, -0.2) is 0 Å². The van der Waals surface area contributed by atoms with Crippen LogP contribution in [0.2, 0.25) is 0 Å². The van der Waals surface area contributed by atoms with E-state index in [9.17, 15) is 0 Å². The Bertz CT molecular complexity index is 242. The lowest BCUT2D eigenvalue weighted by Gasteiger charge is -2.25. The van der Waals surface area contributed by atoms with E-state index in [0.717, 1.165) is 19.5 Å². The zero-order valence-electron chi connectivity index (χ0n) is 6.08. The Labute approximate surface area is 64.0 Å². The smallest absolute Gasteiger partial charge is 0.260 e. The molecule has 2 heterocycles. The first kappa shape index (κ1) is 6.60. The molecule has 0 bridgehead atoms. The van der Waals surface area contributed by atoms with Gasteiger partial charge in [0.1, 0.15) is 0 Å². The average Bonchev–Trinajstić information content (AvgIpc) is 2.27. The number of nitrogens with one attached hydrogen (secondary N) is 1. The van der Waals surface area contributed by atoms with E-state index in [0.29, 0.717) is 11.8 Å². The van der Waals surface area contributed by atoms with Gasteiger partial charge in [0.25, 0.3) is 5.95 Å². The van der Waals surface area contributed by atoms with E-state index in [1.807, 2.05) is 0 Å². The highest BCUT2D eigenvalue weighted by atomic mass is 16.5. The monoisotopic (exact) mass is 154 g/mol. The van der Waals surface area contributed by atoms with E-state index < -0.39 is 0 Å². The minimum absolute atomic E-state index is 0.229. The molecule has 3 N–H and O–H groups in total. The number of nitrogens with zero attached hydrogens (tertiary/aromatic N) is 2. The number of rotatable bonds is 2. The lowest BCUT2D eigenvalue weighted by atomic mass is 10.00. The summed E-state index contributed by atoms with van der Waals surface area (Å²) in [6.07, 6.45) is 0.844. The lowest BCUT2D eigenvalue weighted by Crippen LogP contribution is -2.43. The van der Waals surface area contributed by atoms with Gasteiger partial charge in [0.2, 0.25) is 5.89 Å². The molecule has 1 aliphatic heterocycles. The van der Waals surface area contributed by atoms with Gasteiger partial charge >= 0.3 is 0 Å². The molecule has 1 aliphatic rings. The number of hydrogen-bond acceptors (Lipinski definition) is 5. The quantitative estimate of drug-likeness (QED) is 0.595. The molecule has 0 atom stereocenters. The molecule has 0 saturated carbocycles. The summed E-state index contributed by atoms with van der Waals surface area (Å²) in [7, 11) is 0. The highest BCUT2D eigenvalue weighted by Gasteiger charge is 2.19. The van der Waals surface area contributed by atoms with Gasteiger partial charge in [0, 0.05) is 6.42 Å². The van der Waals surface area contributed by atoms with Gasteiger partial charge < -0.3 is 15.6 Å². The number of anilines is 1. The summed E-state index contributed by atoms with van der Waals surface area (Å²) in [5.41, 5.74) is 5.28. The van der Waals surface area contributed by atoms with Crippen LogP contribution in [-0.2, 0) is 6.42 Å². The fourth-order valence-electron chi connectivity index (χ4n) is 1.09. The predicted octanol–water partition coefficient (Wildman–Crippen LogP) is -0.586. The Balaban J connectivity index is 1.95. The SMILES string of the molecule is Nc1noc(CC2CNC2)n1. The highest BCUT2D eigenvalue weighted by molar-refractivity contribution is 5.10. The maximum atomic E-state index is 5.28. The van der Waals surface area contributed by atoms with Crippen molar-refractivity contribution in [2.24, 2.45) is 5.92 Å². The van der Waals surface area contributed by atoms with Gasteiger partial charge in [0.15, 0.2) is 0 Å². The van der Waals surface area contributed by atoms with Crippen molar-refractivity contribution in [3.63, 3.8) is 0 Å². The van der Waals surface area contributed by atoms with Crippen LogP contribution in [0.5, 0.6) is 0 Å². The molecule has 0 aromatic carbocycles. The van der Waals surface area contributed by atoms with E-state index >= 15 is 0 Å². The van der Waals surface area contributed by atoms with Crippen LogP contribution < -0.4 is 11.1 Å². The van der Waals surface area contributed by atoms with Crippen molar-refractivity contribution in [1.82, 2.24) is 15.5 Å². The fraction of sp³-hybridized carbons (Fsp3) is 0.667. The topological polar surface area (TPSA) is 77.0 Å². The van der Waals surface area contributed by atoms with Crippen LogP contribution in [0.4, 0.5) is 5.95 Å². The summed E-state index contributed by atoms with van der Waals surface area (Å²) in [6.45, 7) is 2.09. The van der Waals surface area contributed by atoms with E-state index in [4.69, 9.17) is 10.3 Å². The molecule has 1 aromatic heterocycles. The molecule has 5 nitrogen and oxygen atoms in total. The third-order valence-electron chi connectivity index (χ3n) is 1.81. The standard InChI is InChI=1S/C6H10N4O/c7-6-9-5(11-10-6)1-4-2-8-3-4/h4,8H,1-3H2,(H2,7,10). The summed E-state index contributed by atoms with van der Waals surface area (Å²) in [4.78, 5) is 3.90. The molecular weight excluding hydrogens is 144 g/mol. The van der Waals surface area contributed by atoms with Crippen LogP contribution in [0.1, 0.15) is 5.89 Å². The molecule has 0 radical (unpaired) electrons. The Morgan fingerprint density at radius 3 is 2.91 bits per heavy atom. The van der Waals surface area contributed by atoms with E-state index in [-0.39, 0.29) is 5.95 Å². The normalized spacial score (nSPS) is 18.2. The number of aromatic nitrogens is 2. The molecule has 5 heteroatoms. The minimum atomic E-state index is 0.229. The van der Waals surface area contributed by atoms with Gasteiger partial charge in [-0.2, -0.15) is 4.98 Å². The second-order valence-electron chi connectivity index (χ2n) is 2.77. The van der Waals surface area contributed by atoms with Crippen LogP contribution in [0.25, 0.3) is 0 Å². The second-order valence-corrected chi connectivity index (χ2v) is 2.77. The summed E-state index contributed by atoms with van der Waals surface area (Å²) in [5, 5.41) is 6.67. The predicted molar refractivity (Wildman–Crippen MR) is 38.8 cm³/mol. The summed E-state index contributed by atoms with van der Waals surface area (Å²) < 4.78 is 4.86. The molecule has 11 heavy (non-hydrogen) atoms. The molecule has 0 aliphatic carbocycles. The molecule has 60 valence electrons. The Kier molecular flexibility index (Phi) is 1.50. The highest BCUT2D eigenvalue weighted by Crippen LogP contribution is 2.10. The van der Waals surface area contributed by atoms with Crippen molar-refractivity contribution in [3.8, 4) is 0 Å². The van der Waals surface area contributed by atoms with Gasteiger partial charge in [0.05, 0.1) is 0 Å². The summed E-state index contributed by atoms with van der Waals surface area (Å²) in [6, 6.07) is 0. The second kappa shape index (κ2) is 2.50. The van der Waals surface area contributed by atoms with E-state index in [1.54, 1.807) is 0 Å². The third-order valence-corrected chi connectivity index (χ3v) is 1.81. The lowest BCUT2D eigenvalue weighted by molar-refractivity contribution is 0.296. The molecule has 0 amide bonds. The first-order valence-corrected chi connectivity index (χ1v) is 3.63. The fourth-order valence-corrected chi connectivity index (χ4v) is 1.09. The third kappa shape index (κ3) is 1.32. The van der Waals surface area contributed by atoms with Gasteiger partial charge in [-0.15, -0.1) is 0 Å². The van der Waals surface area contributed by atoms with Crippen LogP contribution in [0.15, 0.2) is 4.52 Å². The zero-order valence-corrected chi connectivity index (χ0v) is 6.08. The summed E-state index contributed by atoms with van der Waals surface area (Å²) >= 11 is 0. The molecule has 0 unspecified atom stereocenters. The van der Waals surface area contributed by atoms with Crippen molar-refractivity contribution in [3.05, 3.63) is 5.89 Å². The maximum Gasteiger partial charge on any atom is 0.260 e. The van der Waals surface area contributed by atoms with Crippen LogP contribution in [-0.4, -0.2) is 23.2 Å². The largest absolute Gasteiger partial charge is 0.365 e. The van der Waals surface area contributed by atoms with Crippen LogP contribution >= 0.6 is 0 Å². The van der Waals surface area contributed by atoms with Crippen LogP contribution in [0.3, 0.4) is 0 Å². The average molecular weight is 154 g/mol. The first-order chi connectivity index (χ1) is 5.34. The molecule has 2 rings (SSSR count). The van der Waals surface area contributed by atoms with Crippen molar-refractivity contribution in [2.75, 3.05) is 18.8 Å². The van der Waals surface area contributed by atoms with Crippen molar-refractivity contribution in [1.29, 1.82) is 0 Å². The van der Waals surface area contributed by atoms with Gasteiger partial charge in [-0.1, -0.05) is 0 Å². The van der Waals surface area contributed by atoms with Crippen molar-refractivity contribution >= 4 is 5.95 Å². The zero-order chi connectivity index (χ0) is 7.68. The first-order valence-electron chi connectivity index (χ1n) is 3.63. The number of nitrogen functional groups attached to an aromatic ring is 1. The minimum Gasteiger partial charge on any atom is -0.365 e. The Morgan fingerprint density at radius 2 is 2.45 bits per heavy atom. The number of nitrogens with two attached hydrogens (primary N) is 1. The van der Waals surface area contributed by atoms with Crippen molar-refractivity contribution in [2.45, 2.75) is 6.42 Å². The molecule has 1 aromatic rings. The van der Waals surface area contributed by atoms with Gasteiger partial charge in [-0.05, 0) is 24.2 Å². The number of hydrogen-bond donors (Lipinski definition) is 2.